The summed E-state index contributed by atoms with van der Waals surface area (Å²) >= 11 is 0. The van der Waals surface area contributed by atoms with Crippen LogP contribution in [0, 0.1) is 5.92 Å². The maximum absolute atomic E-state index is 12.1. The van der Waals surface area contributed by atoms with Gasteiger partial charge in [0.2, 0.25) is 0 Å². The molecule has 0 saturated heterocycles. The molecule has 0 aromatic carbocycles. The topological polar surface area (TPSA) is 41.6 Å². The number of esters is 1. The second kappa shape index (κ2) is 7.99. The second-order valence-corrected chi connectivity index (χ2v) is 6.50. The molecule has 0 aromatic heterocycles. The number of hydrogen-bond acceptors (Lipinski definition) is 4. The van der Waals surface area contributed by atoms with Crippen LogP contribution < -0.4 is 5.32 Å². The van der Waals surface area contributed by atoms with Gasteiger partial charge in [-0.15, -0.1) is 0 Å². The standard InChI is InChI=1S/C16H32N2O2/c1-6-20-15(19)16(4,17-5)10-12-18(14-7-8-14)11-9-13(2)3/h13-14,17H,6-12H2,1-5H3. The fraction of sp³-hybridized carbons (Fsp3) is 0.938. The summed E-state index contributed by atoms with van der Waals surface area (Å²) in [5.41, 5.74) is -0.568. The Balaban J connectivity index is 2.49. The lowest BCUT2D eigenvalue weighted by molar-refractivity contribution is -0.150. The van der Waals surface area contributed by atoms with Crippen molar-refractivity contribution in [3.05, 3.63) is 0 Å². The van der Waals surface area contributed by atoms with E-state index in [2.05, 4.69) is 24.1 Å². The van der Waals surface area contributed by atoms with Gasteiger partial charge in [-0.2, -0.15) is 0 Å². The van der Waals surface area contributed by atoms with Gasteiger partial charge in [-0.3, -0.25) is 4.79 Å². The van der Waals surface area contributed by atoms with Crippen LogP contribution in [0.2, 0.25) is 0 Å². The van der Waals surface area contributed by atoms with Crippen LogP contribution in [0.4, 0.5) is 0 Å². The summed E-state index contributed by atoms with van der Waals surface area (Å²) in [6, 6.07) is 0.747. The monoisotopic (exact) mass is 284 g/mol. The van der Waals surface area contributed by atoms with Gasteiger partial charge in [0, 0.05) is 12.6 Å². The molecule has 4 nitrogen and oxygen atoms in total. The van der Waals surface area contributed by atoms with E-state index in [0.717, 1.165) is 31.5 Å². The minimum absolute atomic E-state index is 0.137. The van der Waals surface area contributed by atoms with E-state index in [1.54, 1.807) is 0 Å². The van der Waals surface area contributed by atoms with E-state index in [0.29, 0.717) is 6.61 Å². The number of carbonyl (C=O) groups is 1. The summed E-state index contributed by atoms with van der Waals surface area (Å²) in [5, 5.41) is 3.14. The zero-order valence-corrected chi connectivity index (χ0v) is 13.9. The van der Waals surface area contributed by atoms with Crippen LogP contribution in [-0.4, -0.2) is 49.2 Å². The smallest absolute Gasteiger partial charge is 0.326 e. The number of nitrogens with one attached hydrogen (secondary N) is 1. The first kappa shape index (κ1) is 17.4. The Morgan fingerprint density at radius 2 is 2.05 bits per heavy atom. The number of carbonyl (C=O) groups excluding carboxylic acids is 1. The normalized spacial score (nSPS) is 18.4. The Kier molecular flexibility index (Phi) is 6.96. The molecular formula is C16H32N2O2. The third kappa shape index (κ3) is 5.41. The maximum atomic E-state index is 12.1. The van der Waals surface area contributed by atoms with E-state index in [4.69, 9.17) is 4.74 Å². The van der Waals surface area contributed by atoms with Gasteiger partial charge >= 0.3 is 5.97 Å². The predicted molar refractivity (Wildman–Crippen MR) is 82.8 cm³/mol. The lowest BCUT2D eigenvalue weighted by atomic mass is 9.97. The van der Waals surface area contributed by atoms with Crippen molar-refractivity contribution in [1.29, 1.82) is 0 Å². The molecule has 0 heterocycles. The molecule has 1 aliphatic rings. The molecule has 1 N–H and O–H groups in total. The number of ether oxygens (including phenoxy) is 1. The van der Waals surface area contributed by atoms with Crippen molar-refractivity contribution in [2.45, 2.75) is 65.0 Å². The van der Waals surface area contributed by atoms with Gasteiger partial charge in [0.25, 0.3) is 0 Å². The highest BCUT2D eigenvalue weighted by Crippen LogP contribution is 2.28. The largest absolute Gasteiger partial charge is 0.465 e. The number of nitrogens with zero attached hydrogens (tertiary/aromatic N) is 1. The molecule has 20 heavy (non-hydrogen) atoms. The fourth-order valence-electron chi connectivity index (χ4n) is 2.33. The number of likely N-dealkylation sites (N-methyl/N-ethyl adjacent to an activating group) is 1. The zero-order chi connectivity index (χ0) is 15.2. The summed E-state index contributed by atoms with van der Waals surface area (Å²) in [7, 11) is 1.84. The van der Waals surface area contributed by atoms with E-state index in [1.165, 1.54) is 19.3 Å². The van der Waals surface area contributed by atoms with Gasteiger partial charge in [0.05, 0.1) is 6.61 Å². The summed E-state index contributed by atoms with van der Waals surface area (Å²) in [6.45, 7) is 10.9. The highest BCUT2D eigenvalue weighted by molar-refractivity contribution is 5.80. The lowest BCUT2D eigenvalue weighted by Gasteiger charge is -2.30. The minimum atomic E-state index is -0.568. The van der Waals surface area contributed by atoms with Gasteiger partial charge in [-0.25, -0.2) is 0 Å². The quantitative estimate of drug-likeness (QED) is 0.626. The fourth-order valence-corrected chi connectivity index (χ4v) is 2.33. The van der Waals surface area contributed by atoms with Gasteiger partial charge < -0.3 is 15.0 Å². The molecule has 0 spiro atoms. The van der Waals surface area contributed by atoms with Gasteiger partial charge in [0.15, 0.2) is 0 Å². The van der Waals surface area contributed by atoms with Crippen LogP contribution in [0.1, 0.15) is 53.4 Å². The molecule has 1 atom stereocenters. The second-order valence-electron chi connectivity index (χ2n) is 6.50. The Morgan fingerprint density at radius 1 is 1.40 bits per heavy atom. The van der Waals surface area contributed by atoms with E-state index < -0.39 is 5.54 Å². The molecule has 0 amide bonds. The van der Waals surface area contributed by atoms with E-state index in [1.807, 2.05) is 20.9 Å². The van der Waals surface area contributed by atoms with Crippen molar-refractivity contribution in [2.75, 3.05) is 26.7 Å². The summed E-state index contributed by atoms with van der Waals surface area (Å²) in [4.78, 5) is 14.6. The molecule has 0 aliphatic heterocycles. The third-order valence-electron chi connectivity index (χ3n) is 4.23. The predicted octanol–water partition coefficient (Wildman–Crippen LogP) is 2.43. The van der Waals surface area contributed by atoms with Gasteiger partial charge in [-0.05, 0) is 59.0 Å². The summed E-state index contributed by atoms with van der Waals surface area (Å²) in [6.07, 6.45) is 4.66. The average Bonchev–Trinajstić information content (AvgIpc) is 3.22. The van der Waals surface area contributed by atoms with Crippen LogP contribution in [0.3, 0.4) is 0 Å². The van der Waals surface area contributed by atoms with Gasteiger partial charge in [-0.1, -0.05) is 13.8 Å². The molecular weight excluding hydrogens is 252 g/mol. The first-order valence-electron chi connectivity index (χ1n) is 8.03. The van der Waals surface area contributed by atoms with E-state index in [9.17, 15) is 4.79 Å². The maximum Gasteiger partial charge on any atom is 0.326 e. The van der Waals surface area contributed by atoms with E-state index in [-0.39, 0.29) is 5.97 Å². The Bertz CT molecular complexity index is 303. The number of rotatable bonds is 10. The molecule has 1 rings (SSSR count). The molecule has 0 aromatic rings. The number of hydrogen-bond donors (Lipinski definition) is 1. The van der Waals surface area contributed by atoms with Crippen molar-refractivity contribution in [3.8, 4) is 0 Å². The highest BCUT2D eigenvalue weighted by Gasteiger charge is 2.35. The van der Waals surface area contributed by atoms with Crippen molar-refractivity contribution < 1.29 is 9.53 Å². The first-order chi connectivity index (χ1) is 9.42. The Morgan fingerprint density at radius 3 is 2.50 bits per heavy atom. The Labute approximate surface area is 124 Å². The summed E-state index contributed by atoms with van der Waals surface area (Å²) in [5.74, 6) is 0.596. The molecule has 1 fully saturated rings. The molecule has 1 aliphatic carbocycles. The third-order valence-corrected chi connectivity index (χ3v) is 4.23. The highest BCUT2D eigenvalue weighted by atomic mass is 16.5. The molecule has 1 saturated carbocycles. The van der Waals surface area contributed by atoms with Crippen LogP contribution in [0.5, 0.6) is 0 Å². The average molecular weight is 284 g/mol. The lowest BCUT2D eigenvalue weighted by Crippen LogP contribution is -2.51. The van der Waals surface area contributed by atoms with Crippen LogP contribution in [0.25, 0.3) is 0 Å². The van der Waals surface area contributed by atoms with Crippen LogP contribution >= 0.6 is 0 Å². The van der Waals surface area contributed by atoms with Gasteiger partial charge in [0.1, 0.15) is 5.54 Å². The molecule has 0 bridgehead atoms. The SMILES string of the molecule is CCOC(=O)C(C)(CCN(CCC(C)C)C1CC1)NC. The van der Waals surface area contributed by atoms with Crippen molar-refractivity contribution in [1.82, 2.24) is 10.2 Å². The minimum Gasteiger partial charge on any atom is -0.465 e. The zero-order valence-electron chi connectivity index (χ0n) is 13.9. The Hall–Kier alpha value is -0.610. The van der Waals surface area contributed by atoms with Crippen molar-refractivity contribution in [3.63, 3.8) is 0 Å². The summed E-state index contributed by atoms with van der Waals surface area (Å²) < 4.78 is 5.18. The molecule has 4 heteroatoms. The van der Waals surface area contributed by atoms with E-state index >= 15 is 0 Å². The van der Waals surface area contributed by atoms with Crippen LogP contribution in [0.15, 0.2) is 0 Å². The van der Waals surface area contributed by atoms with Crippen molar-refractivity contribution >= 4 is 5.97 Å². The van der Waals surface area contributed by atoms with Crippen LogP contribution in [-0.2, 0) is 9.53 Å². The molecule has 0 radical (unpaired) electrons. The first-order valence-corrected chi connectivity index (χ1v) is 8.03. The molecule has 118 valence electrons. The van der Waals surface area contributed by atoms with Crippen molar-refractivity contribution in [2.24, 2.45) is 5.92 Å². The molecule has 1 unspecified atom stereocenters.